The number of amides is 2. The number of hydrogen-bond acceptors (Lipinski definition) is 4. The minimum atomic E-state index is -0.719. The predicted molar refractivity (Wildman–Crippen MR) is 62.3 cm³/mol. The van der Waals surface area contributed by atoms with Gasteiger partial charge in [-0.05, 0) is 26.7 Å². The summed E-state index contributed by atoms with van der Waals surface area (Å²) in [6.45, 7) is 12.6. The van der Waals surface area contributed by atoms with Crippen LogP contribution in [-0.2, 0) is 9.47 Å². The van der Waals surface area contributed by atoms with E-state index >= 15 is 0 Å². The molecule has 0 aromatic carbocycles. The van der Waals surface area contributed by atoms with E-state index in [1.807, 2.05) is 13.8 Å². The van der Waals surface area contributed by atoms with Crippen molar-refractivity contribution in [2.75, 3.05) is 0 Å². The molecule has 0 bridgehead atoms. The highest BCUT2D eigenvalue weighted by atomic mass is 16.6. The number of hydrogen-bond donors (Lipinski definition) is 0. The van der Waals surface area contributed by atoms with Gasteiger partial charge in [-0.2, -0.15) is 0 Å². The molecule has 0 radical (unpaired) electrons. The van der Waals surface area contributed by atoms with Gasteiger partial charge in [-0.15, -0.1) is 0 Å². The summed E-state index contributed by atoms with van der Waals surface area (Å²) in [4.78, 5) is 24.4. The van der Waals surface area contributed by atoms with Crippen LogP contribution in [0.5, 0.6) is 0 Å². The second-order valence-corrected chi connectivity index (χ2v) is 5.37. The third kappa shape index (κ3) is 2.99. The SMILES string of the molecule is C=C1OC(=O)N(C(=O)OC(C)(C)C)C1C(C)C. The lowest BCUT2D eigenvalue weighted by Crippen LogP contribution is -2.44. The van der Waals surface area contributed by atoms with Crippen LogP contribution >= 0.6 is 0 Å². The molecule has 17 heavy (non-hydrogen) atoms. The predicted octanol–water partition coefficient (Wildman–Crippen LogP) is 2.91. The topological polar surface area (TPSA) is 55.8 Å². The fourth-order valence-electron chi connectivity index (χ4n) is 1.65. The van der Waals surface area contributed by atoms with Crippen LogP contribution in [0.15, 0.2) is 12.3 Å². The van der Waals surface area contributed by atoms with Crippen LogP contribution in [-0.4, -0.2) is 28.7 Å². The van der Waals surface area contributed by atoms with Crippen LogP contribution in [0.2, 0.25) is 0 Å². The van der Waals surface area contributed by atoms with Gasteiger partial charge in [0, 0.05) is 0 Å². The molecule has 0 saturated carbocycles. The first kappa shape index (κ1) is 13.5. The van der Waals surface area contributed by atoms with E-state index in [9.17, 15) is 9.59 Å². The van der Waals surface area contributed by atoms with E-state index in [4.69, 9.17) is 9.47 Å². The van der Waals surface area contributed by atoms with Gasteiger partial charge in [0.05, 0.1) is 0 Å². The minimum absolute atomic E-state index is 0.0291. The largest absolute Gasteiger partial charge is 0.443 e. The molecule has 5 nitrogen and oxygen atoms in total. The molecule has 0 aromatic rings. The molecule has 5 heteroatoms. The molecule has 1 atom stereocenters. The highest BCUT2D eigenvalue weighted by Crippen LogP contribution is 2.28. The molecule has 1 aliphatic heterocycles. The van der Waals surface area contributed by atoms with Crippen molar-refractivity contribution in [3.05, 3.63) is 12.3 Å². The van der Waals surface area contributed by atoms with Crippen molar-refractivity contribution in [2.24, 2.45) is 5.92 Å². The number of cyclic esters (lactones) is 1. The summed E-state index contributed by atoms with van der Waals surface area (Å²) in [7, 11) is 0. The molecule has 0 N–H and O–H groups in total. The van der Waals surface area contributed by atoms with Gasteiger partial charge < -0.3 is 9.47 Å². The molecule has 0 spiro atoms. The van der Waals surface area contributed by atoms with Crippen molar-refractivity contribution in [2.45, 2.75) is 46.3 Å². The van der Waals surface area contributed by atoms with Crippen molar-refractivity contribution in [3.63, 3.8) is 0 Å². The monoisotopic (exact) mass is 241 g/mol. The lowest BCUT2D eigenvalue weighted by atomic mass is 10.0. The van der Waals surface area contributed by atoms with Gasteiger partial charge in [-0.25, -0.2) is 14.5 Å². The molecule has 0 aromatic heterocycles. The highest BCUT2D eigenvalue weighted by Gasteiger charge is 2.44. The zero-order valence-electron chi connectivity index (χ0n) is 10.9. The molecule has 1 saturated heterocycles. The maximum absolute atomic E-state index is 11.9. The first-order valence-corrected chi connectivity index (χ1v) is 5.56. The number of nitrogens with zero attached hydrogens (tertiary/aromatic N) is 1. The fourth-order valence-corrected chi connectivity index (χ4v) is 1.65. The highest BCUT2D eigenvalue weighted by molar-refractivity contribution is 5.91. The Morgan fingerprint density at radius 2 is 2.00 bits per heavy atom. The van der Waals surface area contributed by atoms with Gasteiger partial charge in [-0.1, -0.05) is 20.4 Å². The van der Waals surface area contributed by atoms with Crippen molar-refractivity contribution in [1.29, 1.82) is 0 Å². The quantitative estimate of drug-likeness (QED) is 0.708. The van der Waals surface area contributed by atoms with E-state index in [0.29, 0.717) is 0 Å². The van der Waals surface area contributed by atoms with E-state index in [1.165, 1.54) is 0 Å². The van der Waals surface area contributed by atoms with Crippen LogP contribution in [0.4, 0.5) is 9.59 Å². The Morgan fingerprint density at radius 1 is 1.47 bits per heavy atom. The van der Waals surface area contributed by atoms with E-state index in [2.05, 4.69) is 6.58 Å². The van der Waals surface area contributed by atoms with E-state index in [1.54, 1.807) is 20.8 Å². The van der Waals surface area contributed by atoms with Gasteiger partial charge in [0.15, 0.2) is 0 Å². The Hall–Kier alpha value is -1.52. The normalized spacial score (nSPS) is 20.8. The Kier molecular flexibility index (Phi) is 3.50. The van der Waals surface area contributed by atoms with Gasteiger partial charge in [0.25, 0.3) is 0 Å². The first-order chi connectivity index (χ1) is 7.63. The average Bonchev–Trinajstić information content (AvgIpc) is 2.37. The Labute approximate surface area is 101 Å². The van der Waals surface area contributed by atoms with Gasteiger partial charge in [-0.3, -0.25) is 0 Å². The Bertz CT molecular complexity index is 354. The summed E-state index contributed by atoms with van der Waals surface area (Å²) in [5, 5.41) is 0. The second kappa shape index (κ2) is 4.39. The number of imide groups is 1. The van der Waals surface area contributed by atoms with E-state index < -0.39 is 23.8 Å². The van der Waals surface area contributed by atoms with E-state index in [-0.39, 0.29) is 11.7 Å². The third-order valence-electron chi connectivity index (χ3n) is 2.24. The minimum Gasteiger partial charge on any atom is -0.443 e. The number of carbonyl (C=O) groups is 2. The van der Waals surface area contributed by atoms with Gasteiger partial charge in [0.1, 0.15) is 17.4 Å². The van der Waals surface area contributed by atoms with Crippen LogP contribution < -0.4 is 0 Å². The fraction of sp³-hybridized carbons (Fsp3) is 0.667. The second-order valence-electron chi connectivity index (χ2n) is 5.37. The maximum Gasteiger partial charge on any atom is 0.425 e. The molecule has 2 amide bonds. The molecule has 1 unspecified atom stereocenters. The van der Waals surface area contributed by atoms with Gasteiger partial charge in [0.2, 0.25) is 0 Å². The molecule has 1 heterocycles. The zero-order chi connectivity index (χ0) is 13.4. The van der Waals surface area contributed by atoms with Crippen LogP contribution in [0.3, 0.4) is 0 Å². The summed E-state index contributed by atoms with van der Waals surface area (Å²) >= 11 is 0. The van der Waals surface area contributed by atoms with Crippen molar-refractivity contribution in [1.82, 2.24) is 4.90 Å². The summed E-state index contributed by atoms with van der Waals surface area (Å²) < 4.78 is 10.0. The lowest BCUT2D eigenvalue weighted by Gasteiger charge is -2.26. The van der Waals surface area contributed by atoms with Crippen LogP contribution in [0, 0.1) is 5.92 Å². The maximum atomic E-state index is 11.9. The van der Waals surface area contributed by atoms with Crippen molar-refractivity contribution >= 4 is 12.2 Å². The first-order valence-electron chi connectivity index (χ1n) is 5.56. The Morgan fingerprint density at radius 3 is 2.41 bits per heavy atom. The third-order valence-corrected chi connectivity index (χ3v) is 2.24. The molecule has 1 rings (SSSR count). The summed E-state index contributed by atoms with van der Waals surface area (Å²) in [5.74, 6) is 0.317. The molecule has 96 valence electrons. The zero-order valence-corrected chi connectivity index (χ0v) is 10.9. The summed E-state index contributed by atoms with van der Waals surface area (Å²) in [6, 6.07) is -0.461. The van der Waals surface area contributed by atoms with Crippen LogP contribution in [0.25, 0.3) is 0 Å². The van der Waals surface area contributed by atoms with Crippen molar-refractivity contribution < 1.29 is 19.1 Å². The van der Waals surface area contributed by atoms with Crippen LogP contribution in [0.1, 0.15) is 34.6 Å². The number of carbonyl (C=O) groups excluding carboxylic acids is 2. The molecule has 0 aliphatic carbocycles. The molecular formula is C12H19NO4. The lowest BCUT2D eigenvalue weighted by molar-refractivity contribution is 0.0270. The summed E-state index contributed by atoms with van der Waals surface area (Å²) in [6.07, 6.45) is -1.41. The molecule has 1 fully saturated rings. The molecule has 1 aliphatic rings. The smallest absolute Gasteiger partial charge is 0.425 e. The summed E-state index contributed by atoms with van der Waals surface area (Å²) in [5.41, 5.74) is -0.650. The van der Waals surface area contributed by atoms with E-state index in [0.717, 1.165) is 4.90 Å². The number of ether oxygens (including phenoxy) is 2. The Balaban J connectivity index is 2.90. The number of rotatable bonds is 1. The van der Waals surface area contributed by atoms with Crippen molar-refractivity contribution in [3.8, 4) is 0 Å². The average molecular weight is 241 g/mol. The van der Waals surface area contributed by atoms with Gasteiger partial charge >= 0.3 is 12.2 Å². The standard InChI is InChI=1S/C12H19NO4/c1-7(2)9-8(3)16-10(14)13(9)11(15)17-12(4,5)6/h7,9H,3H2,1-2,4-6H3. The molecular weight excluding hydrogens is 222 g/mol.